The van der Waals surface area contributed by atoms with Gasteiger partial charge in [0.25, 0.3) is 0 Å². The largest absolute Gasteiger partial charge is 0.492 e. The molecule has 4 heterocycles. The summed E-state index contributed by atoms with van der Waals surface area (Å²) in [5.74, 6) is 2.98. The molecule has 25 heavy (non-hydrogen) atoms. The second-order valence-electron chi connectivity index (χ2n) is 6.26. The third-order valence-electron chi connectivity index (χ3n) is 4.55. The SMILES string of the molecule is Cc1nnc2ccc(N3CCC(COc4ccncc4Cl)CC3)nn12. The van der Waals surface area contributed by atoms with Crippen molar-refractivity contribution in [3.63, 3.8) is 0 Å². The Kier molecular flexibility index (Phi) is 4.40. The van der Waals surface area contributed by atoms with Crippen LogP contribution in [0.4, 0.5) is 5.82 Å². The minimum Gasteiger partial charge on any atom is -0.492 e. The smallest absolute Gasteiger partial charge is 0.178 e. The van der Waals surface area contributed by atoms with Crippen molar-refractivity contribution in [3.8, 4) is 5.75 Å². The van der Waals surface area contributed by atoms with Gasteiger partial charge in [-0.05, 0) is 37.8 Å². The monoisotopic (exact) mass is 358 g/mol. The van der Waals surface area contributed by atoms with Crippen LogP contribution in [-0.2, 0) is 0 Å². The highest BCUT2D eigenvalue weighted by Gasteiger charge is 2.21. The number of rotatable bonds is 4. The molecule has 1 aliphatic heterocycles. The number of aryl methyl sites for hydroxylation is 1. The van der Waals surface area contributed by atoms with Gasteiger partial charge < -0.3 is 9.64 Å². The van der Waals surface area contributed by atoms with E-state index < -0.39 is 0 Å². The maximum Gasteiger partial charge on any atom is 0.178 e. The number of ether oxygens (including phenoxy) is 1. The molecule has 1 aliphatic rings. The van der Waals surface area contributed by atoms with Gasteiger partial charge in [0.05, 0.1) is 6.61 Å². The number of hydrogen-bond acceptors (Lipinski definition) is 6. The summed E-state index contributed by atoms with van der Waals surface area (Å²) in [5, 5.41) is 13.3. The molecular weight excluding hydrogens is 340 g/mol. The summed E-state index contributed by atoms with van der Waals surface area (Å²) in [6.45, 7) is 4.49. The molecular formula is C17H19ClN6O. The van der Waals surface area contributed by atoms with E-state index in [9.17, 15) is 0 Å². The Morgan fingerprint density at radius 1 is 1.20 bits per heavy atom. The predicted molar refractivity (Wildman–Crippen MR) is 95.2 cm³/mol. The van der Waals surface area contributed by atoms with Crippen LogP contribution in [0.3, 0.4) is 0 Å². The van der Waals surface area contributed by atoms with Crippen molar-refractivity contribution < 1.29 is 4.74 Å². The highest BCUT2D eigenvalue weighted by Crippen LogP contribution is 2.26. The van der Waals surface area contributed by atoms with Crippen LogP contribution in [0.5, 0.6) is 5.75 Å². The van der Waals surface area contributed by atoms with E-state index in [1.165, 1.54) is 0 Å². The molecule has 0 radical (unpaired) electrons. The Balaban J connectivity index is 1.36. The zero-order chi connectivity index (χ0) is 17.2. The first-order valence-electron chi connectivity index (χ1n) is 8.37. The van der Waals surface area contributed by atoms with Crippen molar-refractivity contribution in [2.24, 2.45) is 5.92 Å². The number of pyridine rings is 1. The zero-order valence-electron chi connectivity index (χ0n) is 14.0. The van der Waals surface area contributed by atoms with Gasteiger partial charge in [0.1, 0.15) is 16.6 Å². The molecule has 0 unspecified atom stereocenters. The summed E-state index contributed by atoms with van der Waals surface area (Å²) in [6, 6.07) is 5.78. The molecule has 0 aromatic carbocycles. The minimum absolute atomic E-state index is 0.515. The highest BCUT2D eigenvalue weighted by molar-refractivity contribution is 6.31. The summed E-state index contributed by atoms with van der Waals surface area (Å²) in [6.07, 6.45) is 5.42. The Bertz CT molecular complexity index is 874. The van der Waals surface area contributed by atoms with Crippen LogP contribution in [0.1, 0.15) is 18.7 Å². The van der Waals surface area contributed by atoms with Gasteiger partial charge in [0.15, 0.2) is 11.5 Å². The van der Waals surface area contributed by atoms with E-state index in [4.69, 9.17) is 16.3 Å². The van der Waals surface area contributed by atoms with E-state index in [1.54, 1.807) is 23.0 Å². The van der Waals surface area contributed by atoms with Crippen molar-refractivity contribution in [1.29, 1.82) is 0 Å². The van der Waals surface area contributed by atoms with Gasteiger partial charge in [-0.25, -0.2) is 0 Å². The Labute approximate surface area is 150 Å². The van der Waals surface area contributed by atoms with Crippen molar-refractivity contribution in [3.05, 3.63) is 41.4 Å². The van der Waals surface area contributed by atoms with Crippen LogP contribution in [-0.4, -0.2) is 44.5 Å². The van der Waals surface area contributed by atoms with Crippen molar-refractivity contribution in [1.82, 2.24) is 24.8 Å². The maximum atomic E-state index is 6.08. The van der Waals surface area contributed by atoms with Gasteiger partial charge in [-0.15, -0.1) is 15.3 Å². The Morgan fingerprint density at radius 2 is 2.04 bits per heavy atom. The van der Waals surface area contributed by atoms with Crippen LogP contribution in [0, 0.1) is 12.8 Å². The van der Waals surface area contributed by atoms with Gasteiger partial charge in [-0.2, -0.15) is 4.52 Å². The third-order valence-corrected chi connectivity index (χ3v) is 4.84. The standard InChI is InChI=1S/C17H19ClN6O/c1-12-20-21-16-2-3-17(22-24(12)16)23-8-5-13(6-9-23)11-25-15-4-7-19-10-14(15)18/h2-4,7,10,13H,5-6,8-9,11H2,1H3. The molecule has 130 valence electrons. The van der Waals surface area contributed by atoms with Gasteiger partial charge in [0, 0.05) is 31.5 Å². The van der Waals surface area contributed by atoms with E-state index in [2.05, 4.69) is 25.2 Å². The number of halogens is 1. The summed E-state index contributed by atoms with van der Waals surface area (Å²) in [7, 11) is 0. The molecule has 0 amide bonds. The number of nitrogens with zero attached hydrogens (tertiary/aromatic N) is 6. The molecule has 0 atom stereocenters. The predicted octanol–water partition coefficient (Wildman–Crippen LogP) is 2.78. The lowest BCUT2D eigenvalue weighted by Crippen LogP contribution is -2.36. The van der Waals surface area contributed by atoms with Crippen molar-refractivity contribution >= 4 is 23.1 Å². The van der Waals surface area contributed by atoms with Gasteiger partial charge in [-0.1, -0.05) is 11.6 Å². The molecule has 0 bridgehead atoms. The first kappa shape index (κ1) is 16.1. The molecule has 4 rings (SSSR count). The fraction of sp³-hybridized carbons (Fsp3) is 0.412. The molecule has 8 heteroatoms. The van der Waals surface area contributed by atoms with E-state index in [0.29, 0.717) is 23.3 Å². The summed E-state index contributed by atoms with van der Waals surface area (Å²) in [4.78, 5) is 6.27. The quantitative estimate of drug-likeness (QED) is 0.714. The average Bonchev–Trinajstić information content (AvgIpc) is 3.02. The molecule has 0 saturated carbocycles. The first-order valence-corrected chi connectivity index (χ1v) is 8.75. The van der Waals surface area contributed by atoms with E-state index in [-0.39, 0.29) is 0 Å². The number of piperidine rings is 1. The van der Waals surface area contributed by atoms with Crippen LogP contribution >= 0.6 is 11.6 Å². The van der Waals surface area contributed by atoms with Crippen molar-refractivity contribution in [2.45, 2.75) is 19.8 Å². The van der Waals surface area contributed by atoms with E-state index >= 15 is 0 Å². The lowest BCUT2D eigenvalue weighted by atomic mass is 9.98. The number of aromatic nitrogens is 5. The Morgan fingerprint density at radius 3 is 2.84 bits per heavy atom. The van der Waals surface area contributed by atoms with Gasteiger partial charge in [0.2, 0.25) is 0 Å². The van der Waals surface area contributed by atoms with Gasteiger partial charge >= 0.3 is 0 Å². The lowest BCUT2D eigenvalue weighted by Gasteiger charge is -2.32. The Hall–Kier alpha value is -2.41. The first-order chi connectivity index (χ1) is 12.2. The summed E-state index contributed by atoms with van der Waals surface area (Å²) >= 11 is 6.08. The zero-order valence-corrected chi connectivity index (χ0v) is 14.7. The number of fused-ring (bicyclic) bond motifs is 1. The molecule has 1 saturated heterocycles. The topological polar surface area (TPSA) is 68.4 Å². The number of hydrogen-bond donors (Lipinski definition) is 0. The second kappa shape index (κ2) is 6.84. The molecule has 1 fully saturated rings. The molecule has 3 aromatic heterocycles. The fourth-order valence-corrected chi connectivity index (χ4v) is 3.24. The molecule has 3 aromatic rings. The lowest BCUT2D eigenvalue weighted by molar-refractivity contribution is 0.222. The third kappa shape index (κ3) is 3.37. The second-order valence-corrected chi connectivity index (χ2v) is 6.66. The molecule has 7 nitrogen and oxygen atoms in total. The summed E-state index contributed by atoms with van der Waals surface area (Å²) in [5.41, 5.74) is 0.777. The highest BCUT2D eigenvalue weighted by atomic mass is 35.5. The maximum absolute atomic E-state index is 6.08. The fourth-order valence-electron chi connectivity index (χ4n) is 3.07. The average molecular weight is 359 g/mol. The molecule has 0 spiro atoms. The normalized spacial score (nSPS) is 15.7. The van der Waals surface area contributed by atoms with Crippen LogP contribution < -0.4 is 9.64 Å². The summed E-state index contributed by atoms with van der Waals surface area (Å²) < 4.78 is 7.64. The van der Waals surface area contributed by atoms with Crippen LogP contribution in [0.2, 0.25) is 5.02 Å². The van der Waals surface area contributed by atoms with E-state index in [0.717, 1.165) is 43.2 Å². The molecule has 0 N–H and O–H groups in total. The molecule has 0 aliphatic carbocycles. The van der Waals surface area contributed by atoms with Crippen LogP contribution in [0.25, 0.3) is 5.65 Å². The van der Waals surface area contributed by atoms with Crippen molar-refractivity contribution in [2.75, 3.05) is 24.6 Å². The van der Waals surface area contributed by atoms with Crippen LogP contribution in [0.15, 0.2) is 30.6 Å². The van der Waals surface area contributed by atoms with Gasteiger partial charge in [-0.3, -0.25) is 4.98 Å². The van der Waals surface area contributed by atoms with E-state index in [1.807, 2.05) is 19.1 Å². The minimum atomic E-state index is 0.515. The number of anilines is 1.